The molecular weight excluding hydrogens is 244 g/mol. The Bertz CT molecular complexity index is 316. The monoisotopic (exact) mass is 270 g/mol. The number of hydrogen-bond acceptors (Lipinski definition) is 5. The average molecular weight is 270 g/mol. The molecule has 0 amide bonds. The minimum absolute atomic E-state index is 0.126. The predicted octanol–water partition coefficient (Wildman–Crippen LogP) is 0.781. The molecule has 0 radical (unpaired) electrons. The molecule has 2 fully saturated rings. The number of hydrogen-bond donors (Lipinski definition) is 1. The van der Waals surface area contributed by atoms with Crippen LogP contribution in [-0.4, -0.2) is 61.4 Å². The summed E-state index contributed by atoms with van der Waals surface area (Å²) in [6, 6.07) is 0.296. The van der Waals surface area contributed by atoms with E-state index in [4.69, 9.17) is 9.47 Å². The molecule has 0 aromatic rings. The molecule has 2 rings (SSSR count). The van der Waals surface area contributed by atoms with Crippen molar-refractivity contribution in [3.63, 3.8) is 0 Å². The van der Waals surface area contributed by atoms with Crippen LogP contribution in [0.1, 0.15) is 33.6 Å². The molecule has 0 bridgehead atoms. The van der Waals surface area contributed by atoms with Crippen molar-refractivity contribution in [2.45, 2.75) is 51.3 Å². The molecule has 19 heavy (non-hydrogen) atoms. The molecule has 1 saturated carbocycles. The quantitative estimate of drug-likeness (QED) is 0.723. The maximum Gasteiger partial charge on any atom is 0.324 e. The third-order valence-corrected chi connectivity index (χ3v) is 3.53. The molecule has 1 aliphatic carbocycles. The van der Waals surface area contributed by atoms with Gasteiger partial charge in [-0.05, 0) is 33.6 Å². The second-order valence-corrected chi connectivity index (χ2v) is 6.09. The summed E-state index contributed by atoms with van der Waals surface area (Å²) in [7, 11) is 0. The lowest BCUT2D eigenvalue weighted by Gasteiger charge is -2.39. The summed E-state index contributed by atoms with van der Waals surface area (Å²) in [5.74, 6) is -0.126. The summed E-state index contributed by atoms with van der Waals surface area (Å²) in [5, 5.41) is 3.39. The first-order valence-corrected chi connectivity index (χ1v) is 7.29. The SMILES string of the molecule is CCOC(=O)C(CN1CCOC(C)(C)C1)NC1CC1. The Balaban J connectivity index is 1.88. The van der Waals surface area contributed by atoms with Crippen molar-refractivity contribution in [2.75, 3.05) is 32.8 Å². The Hall–Kier alpha value is -0.650. The number of carbonyl (C=O) groups excluding carboxylic acids is 1. The van der Waals surface area contributed by atoms with E-state index in [9.17, 15) is 4.79 Å². The Morgan fingerprint density at radius 1 is 1.53 bits per heavy atom. The second kappa shape index (κ2) is 6.20. The Morgan fingerprint density at radius 3 is 2.84 bits per heavy atom. The smallest absolute Gasteiger partial charge is 0.324 e. The Morgan fingerprint density at radius 2 is 2.26 bits per heavy atom. The first-order chi connectivity index (χ1) is 9.00. The van der Waals surface area contributed by atoms with Gasteiger partial charge in [-0.2, -0.15) is 0 Å². The standard InChI is InChI=1S/C14H26N2O3/c1-4-18-13(17)12(15-11-5-6-11)9-16-7-8-19-14(2,3)10-16/h11-12,15H,4-10H2,1-3H3. The summed E-state index contributed by atoms with van der Waals surface area (Å²) in [5.41, 5.74) is -0.128. The molecule has 1 unspecified atom stereocenters. The fourth-order valence-electron chi connectivity index (χ4n) is 2.50. The van der Waals surface area contributed by atoms with Crippen molar-refractivity contribution < 1.29 is 14.3 Å². The molecule has 110 valence electrons. The molecule has 1 atom stereocenters. The largest absolute Gasteiger partial charge is 0.465 e. The summed E-state index contributed by atoms with van der Waals surface area (Å²) < 4.78 is 10.9. The molecule has 0 spiro atoms. The molecule has 5 heteroatoms. The van der Waals surface area contributed by atoms with Crippen molar-refractivity contribution in [1.29, 1.82) is 0 Å². The van der Waals surface area contributed by atoms with Crippen molar-refractivity contribution in [2.24, 2.45) is 0 Å². The highest BCUT2D eigenvalue weighted by Crippen LogP contribution is 2.21. The van der Waals surface area contributed by atoms with Gasteiger partial charge >= 0.3 is 5.97 Å². The van der Waals surface area contributed by atoms with Gasteiger partial charge in [0, 0.05) is 25.7 Å². The van der Waals surface area contributed by atoms with Gasteiger partial charge in [0.05, 0.1) is 18.8 Å². The van der Waals surface area contributed by atoms with Crippen molar-refractivity contribution >= 4 is 5.97 Å². The zero-order valence-electron chi connectivity index (χ0n) is 12.3. The maximum atomic E-state index is 12.0. The fourth-order valence-corrected chi connectivity index (χ4v) is 2.50. The van der Waals surface area contributed by atoms with Crippen LogP contribution in [0.3, 0.4) is 0 Å². The van der Waals surface area contributed by atoms with Crippen LogP contribution in [0.15, 0.2) is 0 Å². The van der Waals surface area contributed by atoms with E-state index in [1.54, 1.807) is 0 Å². The van der Waals surface area contributed by atoms with Gasteiger partial charge in [0.25, 0.3) is 0 Å². The number of esters is 1. The van der Waals surface area contributed by atoms with Crippen molar-refractivity contribution in [3.05, 3.63) is 0 Å². The van der Waals surface area contributed by atoms with Crippen LogP contribution >= 0.6 is 0 Å². The lowest BCUT2D eigenvalue weighted by atomic mass is 10.1. The number of carbonyl (C=O) groups is 1. The van der Waals surface area contributed by atoms with Gasteiger partial charge in [0.2, 0.25) is 0 Å². The maximum absolute atomic E-state index is 12.0. The van der Waals surface area contributed by atoms with Crippen LogP contribution in [0.4, 0.5) is 0 Å². The lowest BCUT2D eigenvalue weighted by molar-refractivity contribution is -0.147. The molecule has 1 saturated heterocycles. The fraction of sp³-hybridized carbons (Fsp3) is 0.929. The van der Waals surface area contributed by atoms with E-state index in [0.717, 1.165) is 19.7 Å². The number of ether oxygens (including phenoxy) is 2. The van der Waals surface area contributed by atoms with Gasteiger partial charge < -0.3 is 14.8 Å². The van der Waals surface area contributed by atoms with Crippen molar-refractivity contribution in [1.82, 2.24) is 10.2 Å². The van der Waals surface area contributed by atoms with E-state index in [-0.39, 0.29) is 17.6 Å². The van der Waals surface area contributed by atoms with E-state index in [1.807, 2.05) is 6.92 Å². The highest BCUT2D eigenvalue weighted by molar-refractivity contribution is 5.76. The zero-order chi connectivity index (χ0) is 13.9. The van der Waals surface area contributed by atoms with Gasteiger partial charge in [-0.15, -0.1) is 0 Å². The lowest BCUT2D eigenvalue weighted by Crippen LogP contribution is -2.54. The van der Waals surface area contributed by atoms with Crippen LogP contribution in [0.2, 0.25) is 0 Å². The van der Waals surface area contributed by atoms with E-state index >= 15 is 0 Å². The first kappa shape index (κ1) is 14.8. The summed E-state index contributed by atoms with van der Waals surface area (Å²) >= 11 is 0. The topological polar surface area (TPSA) is 50.8 Å². The van der Waals surface area contributed by atoms with Gasteiger partial charge in [0.15, 0.2) is 0 Å². The molecule has 1 heterocycles. The van der Waals surface area contributed by atoms with Crippen LogP contribution in [-0.2, 0) is 14.3 Å². The predicted molar refractivity (Wildman–Crippen MR) is 73.0 cm³/mol. The Labute approximate surface area is 115 Å². The minimum atomic E-state index is -0.207. The van der Waals surface area contributed by atoms with Crippen LogP contribution < -0.4 is 5.32 Å². The average Bonchev–Trinajstić information content (AvgIpc) is 3.11. The molecule has 1 aliphatic heterocycles. The third kappa shape index (κ3) is 4.75. The van der Waals surface area contributed by atoms with Crippen LogP contribution in [0, 0.1) is 0 Å². The molecule has 5 nitrogen and oxygen atoms in total. The highest BCUT2D eigenvalue weighted by Gasteiger charge is 2.33. The van der Waals surface area contributed by atoms with Crippen molar-refractivity contribution in [3.8, 4) is 0 Å². The normalized spacial score (nSPS) is 25.0. The highest BCUT2D eigenvalue weighted by atomic mass is 16.5. The van der Waals surface area contributed by atoms with Gasteiger partial charge in [-0.3, -0.25) is 9.69 Å². The van der Waals surface area contributed by atoms with E-state index in [1.165, 1.54) is 12.8 Å². The number of rotatable bonds is 6. The van der Waals surface area contributed by atoms with Crippen LogP contribution in [0.5, 0.6) is 0 Å². The molecule has 0 aromatic heterocycles. The molecular formula is C14H26N2O3. The third-order valence-electron chi connectivity index (χ3n) is 3.53. The van der Waals surface area contributed by atoms with Gasteiger partial charge in [-0.25, -0.2) is 0 Å². The van der Waals surface area contributed by atoms with E-state index in [2.05, 4.69) is 24.1 Å². The summed E-state index contributed by atoms with van der Waals surface area (Å²) in [6.45, 7) is 9.65. The van der Waals surface area contributed by atoms with Gasteiger partial charge in [0.1, 0.15) is 6.04 Å². The first-order valence-electron chi connectivity index (χ1n) is 7.29. The summed E-state index contributed by atoms with van der Waals surface area (Å²) in [4.78, 5) is 14.3. The van der Waals surface area contributed by atoms with E-state index in [0.29, 0.717) is 19.2 Å². The Kier molecular flexibility index (Phi) is 4.81. The van der Waals surface area contributed by atoms with Crippen LogP contribution in [0.25, 0.3) is 0 Å². The minimum Gasteiger partial charge on any atom is -0.465 e. The van der Waals surface area contributed by atoms with E-state index < -0.39 is 0 Å². The number of morpholine rings is 1. The number of nitrogens with one attached hydrogen (secondary N) is 1. The summed E-state index contributed by atoms with van der Waals surface area (Å²) in [6.07, 6.45) is 2.34. The van der Waals surface area contributed by atoms with Gasteiger partial charge in [-0.1, -0.05) is 0 Å². The second-order valence-electron chi connectivity index (χ2n) is 6.09. The molecule has 1 N–H and O–H groups in total. The number of nitrogens with zero attached hydrogens (tertiary/aromatic N) is 1. The zero-order valence-corrected chi connectivity index (χ0v) is 12.3. The molecule has 0 aromatic carbocycles. The molecule has 2 aliphatic rings.